The molecule has 1 amide bonds. The van der Waals surface area contributed by atoms with E-state index in [1.54, 1.807) is 12.3 Å². The molecule has 0 aliphatic carbocycles. The molecule has 3 nitrogen and oxygen atoms in total. The highest BCUT2D eigenvalue weighted by atomic mass is 35.5. The van der Waals surface area contributed by atoms with Crippen LogP contribution in [-0.4, -0.2) is 10.9 Å². The summed E-state index contributed by atoms with van der Waals surface area (Å²) in [5.41, 5.74) is 2.16. The second-order valence-corrected chi connectivity index (χ2v) is 4.28. The first-order valence-corrected chi connectivity index (χ1v) is 6.03. The Morgan fingerprint density at radius 1 is 1.32 bits per heavy atom. The molecule has 1 aromatic heterocycles. The molecule has 2 aromatic rings. The third-order valence-corrected chi connectivity index (χ3v) is 2.62. The first-order chi connectivity index (χ1) is 9.15. The number of hydrogen-bond donors (Lipinski definition) is 1. The van der Waals surface area contributed by atoms with E-state index in [2.05, 4.69) is 22.1 Å². The standard InChI is InChI=1S/C15H11ClN2O/c1-11-9-13(15(16)17-10-11)18-14(19)8-7-12-5-3-2-4-6-12/h2-6,9-10H,1H3,(H,18,19). The van der Waals surface area contributed by atoms with Crippen molar-refractivity contribution in [1.29, 1.82) is 0 Å². The molecule has 0 radical (unpaired) electrons. The van der Waals surface area contributed by atoms with E-state index in [9.17, 15) is 4.79 Å². The number of nitrogens with zero attached hydrogens (tertiary/aromatic N) is 1. The van der Waals surface area contributed by atoms with Crippen molar-refractivity contribution >= 4 is 23.2 Å². The monoisotopic (exact) mass is 270 g/mol. The molecule has 1 heterocycles. The number of benzene rings is 1. The molecule has 0 bridgehead atoms. The van der Waals surface area contributed by atoms with Gasteiger partial charge in [0.15, 0.2) is 5.15 Å². The van der Waals surface area contributed by atoms with E-state index < -0.39 is 5.91 Å². The molecule has 4 heteroatoms. The fourth-order valence-corrected chi connectivity index (χ4v) is 1.59. The average Bonchev–Trinajstić information content (AvgIpc) is 2.42. The Kier molecular flexibility index (Phi) is 4.17. The van der Waals surface area contributed by atoms with Gasteiger partial charge in [0.2, 0.25) is 0 Å². The number of pyridine rings is 1. The van der Waals surface area contributed by atoms with Gasteiger partial charge in [0, 0.05) is 17.7 Å². The molecule has 0 saturated carbocycles. The molecule has 2 rings (SSSR count). The molecule has 0 saturated heterocycles. The molecule has 19 heavy (non-hydrogen) atoms. The molecule has 0 aliphatic heterocycles. The van der Waals surface area contributed by atoms with Crippen LogP contribution < -0.4 is 5.32 Å². The summed E-state index contributed by atoms with van der Waals surface area (Å²) in [6.45, 7) is 1.87. The van der Waals surface area contributed by atoms with Gasteiger partial charge in [-0.05, 0) is 30.7 Å². The summed E-state index contributed by atoms with van der Waals surface area (Å²) in [5.74, 6) is 4.86. The highest BCUT2D eigenvalue weighted by Crippen LogP contribution is 2.19. The first-order valence-electron chi connectivity index (χ1n) is 5.65. The van der Waals surface area contributed by atoms with Crippen LogP contribution in [0.25, 0.3) is 0 Å². The number of anilines is 1. The fraction of sp³-hybridized carbons (Fsp3) is 0.0667. The highest BCUT2D eigenvalue weighted by molar-refractivity contribution is 6.32. The van der Waals surface area contributed by atoms with Crippen molar-refractivity contribution in [3.8, 4) is 11.8 Å². The predicted octanol–water partition coefficient (Wildman–Crippen LogP) is 3.03. The second-order valence-electron chi connectivity index (χ2n) is 3.92. The van der Waals surface area contributed by atoms with Crippen LogP contribution in [0.15, 0.2) is 42.6 Å². The van der Waals surface area contributed by atoms with E-state index in [1.807, 2.05) is 37.3 Å². The smallest absolute Gasteiger partial charge is 0.300 e. The lowest BCUT2D eigenvalue weighted by Gasteiger charge is -2.03. The number of rotatable bonds is 1. The van der Waals surface area contributed by atoms with Crippen molar-refractivity contribution in [2.75, 3.05) is 5.32 Å². The van der Waals surface area contributed by atoms with Gasteiger partial charge in [-0.1, -0.05) is 35.7 Å². The van der Waals surface area contributed by atoms with Crippen LogP contribution >= 0.6 is 11.6 Å². The van der Waals surface area contributed by atoms with Gasteiger partial charge in [0.1, 0.15) is 0 Å². The van der Waals surface area contributed by atoms with Gasteiger partial charge >= 0.3 is 5.91 Å². The molecule has 0 atom stereocenters. The van der Waals surface area contributed by atoms with Gasteiger partial charge in [-0.2, -0.15) is 0 Å². The number of carbonyl (C=O) groups is 1. The Morgan fingerprint density at radius 3 is 2.79 bits per heavy atom. The zero-order valence-electron chi connectivity index (χ0n) is 10.3. The lowest BCUT2D eigenvalue weighted by atomic mass is 10.2. The summed E-state index contributed by atoms with van der Waals surface area (Å²) in [6.07, 6.45) is 1.63. The van der Waals surface area contributed by atoms with Crippen LogP contribution in [0, 0.1) is 18.8 Å². The van der Waals surface area contributed by atoms with E-state index in [0.717, 1.165) is 11.1 Å². The van der Waals surface area contributed by atoms with E-state index in [4.69, 9.17) is 11.6 Å². The Morgan fingerprint density at radius 2 is 2.05 bits per heavy atom. The van der Waals surface area contributed by atoms with Crippen LogP contribution in [0.3, 0.4) is 0 Å². The van der Waals surface area contributed by atoms with E-state index in [-0.39, 0.29) is 5.15 Å². The van der Waals surface area contributed by atoms with E-state index in [1.165, 1.54) is 0 Å². The maximum Gasteiger partial charge on any atom is 0.300 e. The Bertz CT molecular complexity index is 657. The third kappa shape index (κ3) is 3.84. The summed E-state index contributed by atoms with van der Waals surface area (Å²) in [6, 6.07) is 11.0. The lowest BCUT2D eigenvalue weighted by molar-refractivity contribution is -0.111. The fourth-order valence-electron chi connectivity index (χ4n) is 1.44. The number of aromatic nitrogens is 1. The van der Waals surface area contributed by atoms with Crippen LogP contribution in [0.1, 0.15) is 11.1 Å². The molecule has 0 unspecified atom stereocenters. The van der Waals surface area contributed by atoms with Crippen molar-refractivity contribution in [3.05, 3.63) is 58.9 Å². The zero-order valence-corrected chi connectivity index (χ0v) is 11.0. The molecular weight excluding hydrogens is 260 g/mol. The van der Waals surface area contributed by atoms with E-state index in [0.29, 0.717) is 5.69 Å². The molecular formula is C15H11ClN2O. The van der Waals surface area contributed by atoms with Crippen LogP contribution in [0.2, 0.25) is 5.15 Å². The van der Waals surface area contributed by atoms with Crippen molar-refractivity contribution in [1.82, 2.24) is 4.98 Å². The third-order valence-electron chi connectivity index (χ3n) is 2.32. The highest BCUT2D eigenvalue weighted by Gasteiger charge is 2.04. The number of amides is 1. The van der Waals surface area contributed by atoms with Crippen LogP contribution in [0.4, 0.5) is 5.69 Å². The summed E-state index contributed by atoms with van der Waals surface area (Å²) < 4.78 is 0. The first kappa shape index (κ1) is 13.1. The number of nitrogens with one attached hydrogen (secondary N) is 1. The maximum atomic E-state index is 11.7. The molecule has 0 fully saturated rings. The minimum Gasteiger partial charge on any atom is -0.312 e. The summed E-state index contributed by atoms with van der Waals surface area (Å²) >= 11 is 5.88. The minimum absolute atomic E-state index is 0.250. The van der Waals surface area contributed by atoms with Crippen LogP contribution in [-0.2, 0) is 4.79 Å². The molecule has 0 aliphatic rings. The molecule has 0 spiro atoms. The molecule has 94 valence electrons. The van der Waals surface area contributed by atoms with Gasteiger partial charge in [-0.3, -0.25) is 4.79 Å². The van der Waals surface area contributed by atoms with Crippen molar-refractivity contribution in [2.24, 2.45) is 0 Å². The lowest BCUT2D eigenvalue weighted by Crippen LogP contribution is -2.09. The molecule has 1 aromatic carbocycles. The zero-order chi connectivity index (χ0) is 13.7. The van der Waals surface area contributed by atoms with Gasteiger partial charge < -0.3 is 5.32 Å². The van der Waals surface area contributed by atoms with Gasteiger partial charge in [0.05, 0.1) is 5.69 Å². The largest absolute Gasteiger partial charge is 0.312 e. The van der Waals surface area contributed by atoms with Crippen molar-refractivity contribution in [2.45, 2.75) is 6.92 Å². The topological polar surface area (TPSA) is 42.0 Å². The van der Waals surface area contributed by atoms with Crippen molar-refractivity contribution in [3.63, 3.8) is 0 Å². The summed E-state index contributed by atoms with van der Waals surface area (Å²) in [5, 5.41) is 2.86. The normalized spacial score (nSPS) is 9.37. The van der Waals surface area contributed by atoms with Gasteiger partial charge in [-0.15, -0.1) is 0 Å². The van der Waals surface area contributed by atoms with Gasteiger partial charge in [-0.25, -0.2) is 4.98 Å². The summed E-state index contributed by atoms with van der Waals surface area (Å²) in [4.78, 5) is 15.6. The average molecular weight is 271 g/mol. The second kappa shape index (κ2) is 6.03. The Balaban J connectivity index is 2.10. The Hall–Kier alpha value is -2.31. The minimum atomic E-state index is -0.418. The number of aryl methyl sites for hydroxylation is 1. The number of halogens is 1. The summed E-state index contributed by atoms with van der Waals surface area (Å²) in [7, 11) is 0. The quantitative estimate of drug-likeness (QED) is 0.639. The maximum absolute atomic E-state index is 11.7. The number of hydrogen-bond acceptors (Lipinski definition) is 2. The van der Waals surface area contributed by atoms with Crippen LogP contribution in [0.5, 0.6) is 0 Å². The SMILES string of the molecule is Cc1cnc(Cl)c(NC(=O)C#Cc2ccccc2)c1. The van der Waals surface area contributed by atoms with E-state index >= 15 is 0 Å². The predicted molar refractivity (Wildman–Crippen MR) is 75.9 cm³/mol. The Labute approximate surface area is 116 Å². The van der Waals surface area contributed by atoms with Crippen molar-refractivity contribution < 1.29 is 4.79 Å². The van der Waals surface area contributed by atoms with Gasteiger partial charge in [0.25, 0.3) is 0 Å². The molecule has 1 N–H and O–H groups in total. The number of carbonyl (C=O) groups excluding carboxylic acids is 1.